The molecule has 0 aromatic rings. The third-order valence-electron chi connectivity index (χ3n) is 12.6. The highest BCUT2D eigenvalue weighted by Crippen LogP contribution is 2.27. The van der Waals surface area contributed by atoms with Gasteiger partial charge in [-0.05, 0) is 116 Å². The highest BCUT2D eigenvalue weighted by atomic mass is 16.7. The van der Waals surface area contributed by atoms with E-state index >= 15 is 0 Å². The lowest BCUT2D eigenvalue weighted by Gasteiger charge is -2.38. The van der Waals surface area contributed by atoms with Crippen LogP contribution in [0.15, 0.2) is 15.3 Å². The van der Waals surface area contributed by atoms with E-state index in [-0.39, 0.29) is 55.4 Å². The highest BCUT2D eigenvalue weighted by molar-refractivity contribution is 5.89. The first-order valence-corrected chi connectivity index (χ1v) is 26.1. The van der Waals surface area contributed by atoms with Crippen LogP contribution in [0.1, 0.15) is 119 Å². The number of hydrogen-bond acceptors (Lipinski definition) is 18. The van der Waals surface area contributed by atoms with Gasteiger partial charge in [-0.2, -0.15) is 0 Å². The maximum absolute atomic E-state index is 12.6. The molecule has 3 aliphatic rings. The number of amides is 3. The first-order valence-electron chi connectivity index (χ1n) is 26.1. The number of nitrogens with one attached hydrogen (secondary N) is 3. The monoisotopic (exact) mass is 1120 g/mol. The van der Waals surface area contributed by atoms with Crippen molar-refractivity contribution >= 4 is 53.5 Å². The van der Waals surface area contributed by atoms with E-state index in [4.69, 9.17) is 48.6 Å². The van der Waals surface area contributed by atoms with Crippen molar-refractivity contribution in [1.29, 1.82) is 0 Å². The van der Waals surface area contributed by atoms with E-state index in [1.54, 1.807) is 20.8 Å². The Balaban J connectivity index is 0.000000585. The van der Waals surface area contributed by atoms with Crippen molar-refractivity contribution in [2.45, 2.75) is 155 Å². The van der Waals surface area contributed by atoms with Crippen LogP contribution in [0.4, 0.5) is 0 Å². The minimum absolute atomic E-state index is 0.261. The molecule has 3 amide bonds. The second-order valence-electron chi connectivity index (χ2n) is 19.0. The van der Waals surface area contributed by atoms with Gasteiger partial charge in [0.1, 0.15) is 33.4 Å². The van der Waals surface area contributed by atoms with Crippen LogP contribution in [-0.2, 0) is 43.0 Å². The van der Waals surface area contributed by atoms with Gasteiger partial charge in [-0.3, -0.25) is 14.4 Å². The molecular formula is C45H84N18O15. The molecule has 33 heteroatoms. The third kappa shape index (κ3) is 26.2. The van der Waals surface area contributed by atoms with Crippen LogP contribution < -0.4 is 50.4 Å². The van der Waals surface area contributed by atoms with E-state index in [1.165, 1.54) is 14.7 Å². The number of hydrogen-bond donors (Lipinski definition) is 9. The number of rotatable bonds is 24. The fraction of sp³-hybridized carbons (Fsp3) is 0.800. The number of hydrazone groups is 3. The molecule has 3 rings (SSSR count). The molecule has 9 atom stereocenters. The quantitative estimate of drug-likeness (QED) is 0.00973. The number of nitro groups is 3. The largest absolute Gasteiger partial charge is 0.464 e. The molecule has 3 heterocycles. The Bertz CT molecular complexity index is 1850. The molecule has 0 aromatic heterocycles. The predicted molar refractivity (Wildman–Crippen MR) is 283 cm³/mol. The van der Waals surface area contributed by atoms with Crippen LogP contribution in [0.25, 0.3) is 0 Å². The molecule has 33 nitrogen and oxygen atoms in total. The SMILES string of the molecule is CCOC(=O)[C@@H]1C[C@@H](C)CCN1C(=O)[C@@H](N)CCCN/C(N)=N\[N+](=O)[O-].CCOC(=O)[C@H]1C[C@H](C)CCN1C(=O)[C@@H](N)CCCN/C(N)=N\[N+](=O)[O-].CCOC(=O)[C@H]1C[C@H](C)CCN1C(=O)[C@@H](N)CCCN/C(N)=N\[N+](=O)[O-]. The molecule has 3 saturated heterocycles. The molecule has 0 unspecified atom stereocenters. The van der Waals surface area contributed by atoms with E-state index in [1.807, 2.05) is 20.8 Å². The Kier molecular flexibility index (Phi) is 32.3. The number of ether oxygens (including phenoxy) is 3. The third-order valence-corrected chi connectivity index (χ3v) is 12.6. The van der Waals surface area contributed by atoms with E-state index in [2.05, 4.69) is 31.3 Å². The molecule has 0 radical (unpaired) electrons. The number of esters is 3. The van der Waals surface area contributed by atoms with Crippen molar-refractivity contribution in [2.75, 3.05) is 59.1 Å². The Labute approximate surface area is 453 Å². The number of carbonyl (C=O) groups excluding carboxylic acids is 6. The van der Waals surface area contributed by atoms with Crippen molar-refractivity contribution in [3.8, 4) is 0 Å². The van der Waals surface area contributed by atoms with Gasteiger partial charge in [-0.1, -0.05) is 20.8 Å². The summed E-state index contributed by atoms with van der Waals surface area (Å²) >= 11 is 0. The van der Waals surface area contributed by atoms with Gasteiger partial charge in [-0.25, -0.2) is 44.7 Å². The lowest BCUT2D eigenvalue weighted by Crippen LogP contribution is -2.55. The number of piperidine rings is 3. The zero-order valence-corrected chi connectivity index (χ0v) is 45.7. The fourth-order valence-corrected chi connectivity index (χ4v) is 8.60. The molecule has 0 aromatic carbocycles. The number of carbonyl (C=O) groups is 6. The molecule has 15 N–H and O–H groups in total. The first kappa shape index (κ1) is 68.7. The summed E-state index contributed by atoms with van der Waals surface area (Å²) in [7, 11) is 0. The average Bonchev–Trinajstić information content (AvgIpc) is 3.36. The summed E-state index contributed by atoms with van der Waals surface area (Å²) in [6, 6.07) is -4.10. The summed E-state index contributed by atoms with van der Waals surface area (Å²) in [5.74, 6) is -1.98. The fourth-order valence-electron chi connectivity index (χ4n) is 8.60. The summed E-state index contributed by atoms with van der Waals surface area (Å²) in [5.41, 5.74) is 33.8. The molecular weight excluding hydrogens is 1030 g/mol. The second kappa shape index (κ2) is 36.7. The zero-order valence-electron chi connectivity index (χ0n) is 45.7. The van der Waals surface area contributed by atoms with Crippen LogP contribution >= 0.6 is 0 Å². The zero-order chi connectivity index (χ0) is 59.1. The Morgan fingerprint density at radius 2 is 0.731 bits per heavy atom. The van der Waals surface area contributed by atoms with Gasteiger partial charge in [0.05, 0.1) is 37.9 Å². The van der Waals surface area contributed by atoms with Gasteiger partial charge in [0.15, 0.2) is 15.1 Å². The highest BCUT2D eigenvalue weighted by Gasteiger charge is 2.40. The number of nitrogens with zero attached hydrogens (tertiary/aromatic N) is 9. The molecule has 0 saturated carbocycles. The van der Waals surface area contributed by atoms with Gasteiger partial charge < -0.3 is 79.3 Å². The summed E-state index contributed by atoms with van der Waals surface area (Å²) < 4.78 is 15.2. The number of nitrogens with two attached hydrogens (primary N) is 6. The van der Waals surface area contributed by atoms with E-state index in [0.29, 0.717) is 115 Å². The summed E-state index contributed by atoms with van der Waals surface area (Å²) in [5, 5.41) is 44.2. The topological polar surface area (TPSA) is 499 Å². The summed E-state index contributed by atoms with van der Waals surface area (Å²) in [4.78, 5) is 109. The smallest absolute Gasteiger partial charge is 0.328 e. The molecule has 3 aliphatic heterocycles. The summed E-state index contributed by atoms with van der Waals surface area (Å²) in [6.45, 7) is 14.4. The minimum atomic E-state index is -0.898. The Hall–Kier alpha value is -7.29. The van der Waals surface area contributed by atoms with Crippen LogP contribution in [0.5, 0.6) is 0 Å². The normalized spacial score (nSPS) is 21.8. The Morgan fingerprint density at radius 3 is 0.936 bits per heavy atom. The van der Waals surface area contributed by atoms with Gasteiger partial charge >= 0.3 is 17.9 Å². The van der Waals surface area contributed by atoms with Crippen molar-refractivity contribution in [3.63, 3.8) is 0 Å². The lowest BCUT2D eigenvalue weighted by atomic mass is 9.91. The molecule has 3 fully saturated rings. The lowest BCUT2D eigenvalue weighted by molar-refractivity contribution is -0.485. The average molecular weight is 1120 g/mol. The molecule has 0 aliphatic carbocycles. The van der Waals surface area contributed by atoms with Crippen LogP contribution in [0.2, 0.25) is 0 Å². The molecule has 0 spiro atoms. The van der Waals surface area contributed by atoms with Crippen LogP contribution in [0, 0.1) is 48.1 Å². The molecule has 444 valence electrons. The minimum Gasteiger partial charge on any atom is -0.464 e. The van der Waals surface area contributed by atoms with Gasteiger partial charge in [0.25, 0.3) is 17.9 Å². The predicted octanol–water partition coefficient (Wildman–Crippen LogP) is -1.86. The Morgan fingerprint density at radius 1 is 0.500 bits per heavy atom. The second-order valence-corrected chi connectivity index (χ2v) is 19.0. The van der Waals surface area contributed by atoms with E-state index in [9.17, 15) is 59.1 Å². The van der Waals surface area contributed by atoms with Crippen molar-refractivity contribution in [3.05, 3.63) is 30.3 Å². The van der Waals surface area contributed by atoms with Gasteiger partial charge in [-0.15, -0.1) is 0 Å². The van der Waals surface area contributed by atoms with Crippen molar-refractivity contribution in [1.82, 2.24) is 30.7 Å². The molecule has 0 bridgehead atoms. The van der Waals surface area contributed by atoms with Gasteiger partial charge in [0.2, 0.25) is 17.7 Å². The van der Waals surface area contributed by atoms with E-state index < -0.39 is 69.3 Å². The van der Waals surface area contributed by atoms with Crippen LogP contribution in [0.3, 0.4) is 0 Å². The standard InChI is InChI=1S/3C15H28N6O5/c3*1-3-26-14(23)12-9-10(2)6-8-20(12)13(22)11(16)5-4-7-18-15(17)19-21(24)25/h3*10-12H,3-9,16H2,1-2H3,(H3,17,18,19)/t2*10-,11+,12-;10-,11-,12-/m110/s1. The van der Waals surface area contributed by atoms with Gasteiger partial charge in [0, 0.05) is 39.3 Å². The maximum Gasteiger partial charge on any atom is 0.328 e. The summed E-state index contributed by atoms with van der Waals surface area (Å²) in [6.07, 6.45) is 6.56. The maximum atomic E-state index is 12.6. The van der Waals surface area contributed by atoms with Crippen molar-refractivity contribution < 1.29 is 58.1 Å². The van der Waals surface area contributed by atoms with Crippen LogP contribution in [-0.4, -0.2) is 179 Å². The van der Waals surface area contributed by atoms with Crippen molar-refractivity contribution in [2.24, 2.45) is 67.5 Å². The first-order chi connectivity index (χ1) is 36.8. The van der Waals surface area contributed by atoms with E-state index in [0.717, 1.165) is 19.3 Å². The number of likely N-dealkylation sites (tertiary alicyclic amines) is 3. The number of guanidine groups is 3. The molecule has 78 heavy (non-hydrogen) atoms.